The number of guanidine groups is 1. The number of hydrogen-bond donors (Lipinski definition) is 2. The van der Waals surface area contributed by atoms with E-state index in [0.29, 0.717) is 11.1 Å². The predicted octanol–water partition coefficient (Wildman–Crippen LogP) is 3.09. The third kappa shape index (κ3) is 5.14. The summed E-state index contributed by atoms with van der Waals surface area (Å²) in [5.74, 6) is 2.69. The second-order valence-electron chi connectivity index (χ2n) is 6.37. The van der Waals surface area contributed by atoms with Gasteiger partial charge < -0.3 is 20.0 Å². The van der Waals surface area contributed by atoms with Crippen molar-refractivity contribution in [3.8, 4) is 0 Å². The summed E-state index contributed by atoms with van der Waals surface area (Å²) in [5, 5.41) is 7.65. The molecule has 0 spiro atoms. The van der Waals surface area contributed by atoms with Gasteiger partial charge in [-0.05, 0) is 37.1 Å². The minimum Gasteiger partial charge on any atom is -0.469 e. The lowest BCUT2D eigenvalue weighted by molar-refractivity contribution is 0.506. The van der Waals surface area contributed by atoms with Gasteiger partial charge in [0.15, 0.2) is 5.96 Å². The smallest absolute Gasteiger partial charge is 0.191 e. The third-order valence-electron chi connectivity index (χ3n) is 4.31. The zero-order valence-electron chi connectivity index (χ0n) is 15.1. The van der Waals surface area contributed by atoms with E-state index in [4.69, 9.17) is 16.0 Å². The number of furan rings is 1. The second-order valence-corrected chi connectivity index (χ2v) is 6.78. The van der Waals surface area contributed by atoms with Gasteiger partial charge in [0, 0.05) is 44.8 Å². The van der Waals surface area contributed by atoms with Crippen molar-refractivity contribution in [2.45, 2.75) is 32.2 Å². The zero-order valence-corrected chi connectivity index (χ0v) is 15.9. The Morgan fingerprint density at radius 1 is 1.42 bits per heavy atom. The van der Waals surface area contributed by atoms with Gasteiger partial charge >= 0.3 is 0 Å². The molecule has 1 fully saturated rings. The van der Waals surface area contributed by atoms with Crippen LogP contribution in [0.4, 0.5) is 5.82 Å². The predicted molar refractivity (Wildman–Crippen MR) is 106 cm³/mol. The molecule has 2 N–H and O–H groups in total. The van der Waals surface area contributed by atoms with E-state index < -0.39 is 0 Å². The Morgan fingerprint density at radius 3 is 3.12 bits per heavy atom. The maximum atomic E-state index is 6.27. The van der Waals surface area contributed by atoms with Gasteiger partial charge in [-0.2, -0.15) is 0 Å². The molecule has 1 unspecified atom stereocenters. The summed E-state index contributed by atoms with van der Waals surface area (Å²) in [4.78, 5) is 11.3. The fourth-order valence-electron chi connectivity index (χ4n) is 3.01. The molecule has 1 saturated heterocycles. The summed E-state index contributed by atoms with van der Waals surface area (Å²) < 4.78 is 5.38. The van der Waals surface area contributed by atoms with Crippen molar-refractivity contribution in [1.82, 2.24) is 15.6 Å². The molecule has 0 amide bonds. The van der Waals surface area contributed by atoms with Crippen LogP contribution < -0.4 is 15.5 Å². The standard InChI is InChI=1S/C19H26ClN5O/c1-2-9-22-19(23-11-7-16-5-4-13-26-16)24-15-8-12-25(14-15)18-17(20)6-3-10-21-18/h3-6,10,13,15H,2,7-9,11-12,14H2,1H3,(H2,22,23,24). The van der Waals surface area contributed by atoms with Crippen LogP contribution in [0, 0.1) is 0 Å². The van der Waals surface area contributed by atoms with Gasteiger partial charge in [-0.25, -0.2) is 4.98 Å². The average molecular weight is 376 g/mol. The Kier molecular flexibility index (Phi) is 6.77. The number of anilines is 1. The van der Waals surface area contributed by atoms with Crippen molar-refractivity contribution in [1.29, 1.82) is 0 Å². The summed E-state index contributed by atoms with van der Waals surface area (Å²) in [6.07, 6.45) is 6.37. The fourth-order valence-corrected chi connectivity index (χ4v) is 3.25. The van der Waals surface area contributed by atoms with E-state index in [1.807, 2.05) is 24.3 Å². The number of halogens is 1. The Bertz CT molecular complexity index is 704. The molecule has 1 aliphatic heterocycles. The van der Waals surface area contributed by atoms with Crippen molar-refractivity contribution < 1.29 is 4.42 Å². The first kappa shape index (κ1) is 18.6. The van der Waals surface area contributed by atoms with Crippen LogP contribution in [0.25, 0.3) is 0 Å². The molecule has 1 aliphatic rings. The first-order valence-electron chi connectivity index (χ1n) is 9.19. The minimum atomic E-state index is 0.319. The second kappa shape index (κ2) is 9.48. The molecule has 3 heterocycles. The molecule has 3 rings (SSSR count). The van der Waals surface area contributed by atoms with Crippen LogP contribution in [-0.4, -0.2) is 43.2 Å². The Morgan fingerprint density at radius 2 is 2.35 bits per heavy atom. The molecule has 0 radical (unpaired) electrons. The number of aromatic nitrogens is 1. The summed E-state index contributed by atoms with van der Waals surface area (Å²) in [7, 11) is 0. The van der Waals surface area contributed by atoms with Crippen molar-refractivity contribution in [3.05, 3.63) is 47.5 Å². The number of nitrogens with zero attached hydrogens (tertiary/aromatic N) is 3. The van der Waals surface area contributed by atoms with Crippen molar-refractivity contribution in [2.24, 2.45) is 4.99 Å². The van der Waals surface area contributed by atoms with Crippen LogP contribution in [0.1, 0.15) is 25.5 Å². The summed E-state index contributed by atoms with van der Waals surface area (Å²) in [6.45, 7) is 5.51. The molecule has 0 aromatic carbocycles. The lowest BCUT2D eigenvalue weighted by Gasteiger charge is -2.20. The van der Waals surface area contributed by atoms with E-state index in [2.05, 4.69) is 32.4 Å². The van der Waals surface area contributed by atoms with Gasteiger partial charge in [0.1, 0.15) is 11.6 Å². The Hall–Kier alpha value is -2.21. The van der Waals surface area contributed by atoms with Gasteiger partial charge in [-0.15, -0.1) is 0 Å². The molecule has 140 valence electrons. The number of aliphatic imine (C=N–C) groups is 1. The molecule has 1 atom stereocenters. The van der Waals surface area contributed by atoms with E-state index in [9.17, 15) is 0 Å². The van der Waals surface area contributed by atoms with E-state index >= 15 is 0 Å². The molecule has 2 aromatic heterocycles. The van der Waals surface area contributed by atoms with Gasteiger partial charge in [0.25, 0.3) is 0 Å². The molecule has 0 aliphatic carbocycles. The molecule has 26 heavy (non-hydrogen) atoms. The maximum absolute atomic E-state index is 6.27. The highest BCUT2D eigenvalue weighted by Crippen LogP contribution is 2.25. The first-order chi connectivity index (χ1) is 12.8. The Balaban J connectivity index is 1.53. The minimum absolute atomic E-state index is 0.319. The largest absolute Gasteiger partial charge is 0.469 e. The van der Waals surface area contributed by atoms with Gasteiger partial charge in [-0.3, -0.25) is 4.99 Å². The lowest BCUT2D eigenvalue weighted by Crippen LogP contribution is -2.45. The number of rotatable bonds is 7. The average Bonchev–Trinajstić information content (AvgIpc) is 3.32. The van der Waals surface area contributed by atoms with Crippen molar-refractivity contribution in [3.63, 3.8) is 0 Å². The molecular formula is C19H26ClN5O. The molecule has 6 nitrogen and oxygen atoms in total. The molecule has 0 bridgehead atoms. The monoisotopic (exact) mass is 375 g/mol. The SMILES string of the molecule is CCCN=C(NCCc1ccco1)NC1CCN(c2ncccc2Cl)C1. The lowest BCUT2D eigenvalue weighted by atomic mass is 10.3. The summed E-state index contributed by atoms with van der Waals surface area (Å²) in [5.41, 5.74) is 0. The quantitative estimate of drug-likeness (QED) is 0.575. The normalized spacial score (nSPS) is 17.5. The van der Waals surface area contributed by atoms with Gasteiger partial charge in [-0.1, -0.05) is 18.5 Å². The van der Waals surface area contributed by atoms with E-state index in [1.165, 1.54) is 0 Å². The number of hydrogen-bond acceptors (Lipinski definition) is 4. The molecule has 0 saturated carbocycles. The zero-order chi connectivity index (χ0) is 18.2. The molecule has 2 aromatic rings. The van der Waals surface area contributed by atoms with Gasteiger partial charge in [0.05, 0.1) is 11.3 Å². The van der Waals surface area contributed by atoms with Gasteiger partial charge in [0.2, 0.25) is 0 Å². The Labute approximate surface area is 159 Å². The maximum Gasteiger partial charge on any atom is 0.191 e. The topological polar surface area (TPSA) is 65.7 Å². The number of nitrogens with one attached hydrogen (secondary N) is 2. The molecule has 7 heteroatoms. The van der Waals surface area contributed by atoms with E-state index in [-0.39, 0.29) is 0 Å². The van der Waals surface area contributed by atoms with Crippen LogP contribution in [-0.2, 0) is 6.42 Å². The van der Waals surface area contributed by atoms with Crippen LogP contribution in [0.3, 0.4) is 0 Å². The number of pyridine rings is 1. The van der Waals surface area contributed by atoms with Crippen LogP contribution in [0.2, 0.25) is 5.02 Å². The highest BCUT2D eigenvalue weighted by atomic mass is 35.5. The summed E-state index contributed by atoms with van der Waals surface area (Å²) in [6, 6.07) is 7.96. The van der Waals surface area contributed by atoms with Crippen molar-refractivity contribution >= 4 is 23.4 Å². The van der Waals surface area contributed by atoms with E-state index in [0.717, 1.165) is 63.0 Å². The van der Waals surface area contributed by atoms with E-state index in [1.54, 1.807) is 12.5 Å². The molecular weight excluding hydrogens is 350 g/mol. The van der Waals surface area contributed by atoms with Crippen LogP contribution >= 0.6 is 11.6 Å². The fraction of sp³-hybridized carbons (Fsp3) is 0.474. The highest BCUT2D eigenvalue weighted by molar-refractivity contribution is 6.32. The first-order valence-corrected chi connectivity index (χ1v) is 9.56. The van der Waals surface area contributed by atoms with Crippen LogP contribution in [0.15, 0.2) is 46.1 Å². The third-order valence-corrected chi connectivity index (χ3v) is 4.60. The van der Waals surface area contributed by atoms with Crippen LogP contribution in [0.5, 0.6) is 0 Å². The summed E-state index contributed by atoms with van der Waals surface area (Å²) >= 11 is 6.27. The highest BCUT2D eigenvalue weighted by Gasteiger charge is 2.25. The van der Waals surface area contributed by atoms with Crippen molar-refractivity contribution in [2.75, 3.05) is 31.1 Å².